The Morgan fingerprint density at radius 3 is 1.40 bits per heavy atom. The monoisotopic (exact) mass is 808 g/mol. The normalized spacial score (nSPS) is 22.1. The number of anilines is 2. The lowest BCUT2D eigenvalue weighted by Crippen LogP contribution is -2.71. The van der Waals surface area contributed by atoms with Crippen LogP contribution >= 0.6 is 46.2 Å². The molecule has 6 heterocycles. The van der Waals surface area contributed by atoms with Gasteiger partial charge < -0.3 is 48.2 Å². The van der Waals surface area contributed by atoms with Gasteiger partial charge in [0.1, 0.15) is 45.6 Å². The number of oxime groups is 2. The molecule has 25 heteroatoms. The fourth-order valence-electron chi connectivity index (χ4n) is 5.24. The van der Waals surface area contributed by atoms with Crippen LogP contribution in [0.3, 0.4) is 0 Å². The number of hydrogen-bond donors (Lipinski definition) is 8. The summed E-state index contributed by atoms with van der Waals surface area (Å²) in [5.41, 5.74) is 11.0. The van der Waals surface area contributed by atoms with Gasteiger partial charge in [0.05, 0.1) is 0 Å². The third-order valence-electron chi connectivity index (χ3n) is 7.63. The van der Waals surface area contributed by atoms with Gasteiger partial charge in [-0.1, -0.05) is 35.6 Å². The standard InChI is InChI=1S/2C14H13N5O5S2.H2O/c2*1-2-5-3-25-12-8(11(21)19(12)9(5)13(22)23)17-10(20)7(18-24)6-4-26-14(15)16-6;/h2*2,4,8,12,24H,1,3H2,(H2,15,16)(H,17,20)(H,22,23);1H2/b2*18-7-;/t2*8-,12-;/m11./s1. The van der Waals surface area contributed by atoms with E-state index < -0.39 is 58.4 Å². The minimum absolute atomic E-state index is 0. The number of nitrogens with one attached hydrogen (secondary N) is 2. The molecule has 2 saturated heterocycles. The van der Waals surface area contributed by atoms with Crippen LogP contribution in [0.2, 0.25) is 0 Å². The van der Waals surface area contributed by atoms with Gasteiger partial charge in [0.2, 0.25) is 0 Å². The minimum Gasteiger partial charge on any atom is -0.477 e. The van der Waals surface area contributed by atoms with Crippen molar-refractivity contribution in [3.05, 3.63) is 70.0 Å². The number of β-lactam (4-membered cyclic amide) rings is 2. The van der Waals surface area contributed by atoms with E-state index in [9.17, 15) is 39.0 Å². The Morgan fingerprint density at radius 1 is 0.774 bits per heavy atom. The number of amides is 4. The van der Waals surface area contributed by atoms with Gasteiger partial charge in [-0.2, -0.15) is 0 Å². The van der Waals surface area contributed by atoms with E-state index in [2.05, 4.69) is 44.1 Å². The Kier molecular flexibility index (Phi) is 12.3. The van der Waals surface area contributed by atoms with Crippen LogP contribution in [0.25, 0.3) is 0 Å². The van der Waals surface area contributed by atoms with Gasteiger partial charge in [0.15, 0.2) is 21.7 Å². The van der Waals surface area contributed by atoms with Crippen LogP contribution in [-0.2, 0) is 28.8 Å². The van der Waals surface area contributed by atoms with Gasteiger partial charge >= 0.3 is 11.9 Å². The molecule has 4 aliphatic rings. The van der Waals surface area contributed by atoms with Crippen molar-refractivity contribution in [3.8, 4) is 0 Å². The van der Waals surface area contributed by atoms with Crippen molar-refractivity contribution in [3.63, 3.8) is 0 Å². The molecule has 0 spiro atoms. The third kappa shape index (κ3) is 7.45. The number of fused-ring (bicyclic) bond motifs is 2. The van der Waals surface area contributed by atoms with Crippen molar-refractivity contribution in [2.75, 3.05) is 23.0 Å². The SMILES string of the molecule is C=CC1=C(C(=O)O)N2C(=O)[C@@H](NC(=O)/C(=N\O)c3csc(N)n3)[C@H]2SC1.C=CC1=C(C(=O)O)N2C(=O)[C@@H](NC(=O)/C(=N\O)c3csc(N)n3)[C@H]2SC1.O. The minimum atomic E-state index is -1.24. The molecule has 4 aliphatic heterocycles. The maximum absolute atomic E-state index is 12.4. The molecule has 0 bridgehead atoms. The van der Waals surface area contributed by atoms with E-state index in [1.807, 2.05) is 0 Å². The van der Waals surface area contributed by atoms with Gasteiger partial charge in [-0.15, -0.1) is 46.2 Å². The number of nitrogen functional groups attached to an aromatic ring is 2. The second-order valence-corrected chi connectivity index (χ2v) is 14.5. The molecule has 21 nitrogen and oxygen atoms in total. The molecular formula is C28H28N10O11S4. The Bertz CT molecular complexity index is 1900. The average molecular weight is 809 g/mol. The lowest BCUT2D eigenvalue weighted by Gasteiger charge is -2.49. The number of carboxylic acid groups (broad SMARTS) is 2. The van der Waals surface area contributed by atoms with Crippen molar-refractivity contribution in [1.82, 2.24) is 30.4 Å². The quantitative estimate of drug-likeness (QED) is 0.0607. The predicted molar refractivity (Wildman–Crippen MR) is 193 cm³/mol. The molecule has 2 aromatic rings. The van der Waals surface area contributed by atoms with Gasteiger partial charge in [0.25, 0.3) is 23.6 Å². The Morgan fingerprint density at radius 2 is 1.13 bits per heavy atom. The molecule has 0 unspecified atom stereocenters. The summed E-state index contributed by atoms with van der Waals surface area (Å²) in [6, 6.07) is -1.89. The Hall–Kier alpha value is -5.76. The lowest BCUT2D eigenvalue weighted by molar-refractivity contribution is -0.150. The zero-order valence-electron chi connectivity index (χ0n) is 26.7. The van der Waals surface area contributed by atoms with Gasteiger partial charge in [-0.3, -0.25) is 29.0 Å². The molecule has 4 atom stereocenters. The van der Waals surface area contributed by atoms with Crippen molar-refractivity contribution < 1.29 is 54.9 Å². The van der Waals surface area contributed by atoms with Crippen molar-refractivity contribution >= 4 is 103 Å². The predicted octanol–water partition coefficient (Wildman–Crippen LogP) is -1.17. The first-order chi connectivity index (χ1) is 24.8. The van der Waals surface area contributed by atoms with Crippen LogP contribution < -0.4 is 22.1 Å². The van der Waals surface area contributed by atoms with E-state index in [0.29, 0.717) is 22.7 Å². The molecule has 0 saturated carbocycles. The number of carbonyl (C=O) groups is 6. The number of hydrogen-bond acceptors (Lipinski definition) is 18. The fourth-order valence-corrected chi connectivity index (χ4v) is 9.01. The molecule has 4 amide bonds. The Labute approximate surface area is 313 Å². The second-order valence-electron chi connectivity index (χ2n) is 10.5. The molecule has 12 N–H and O–H groups in total. The molecule has 0 aromatic carbocycles. The third-order valence-corrected chi connectivity index (χ3v) is 11.6. The summed E-state index contributed by atoms with van der Waals surface area (Å²) in [5.74, 6) is -4.55. The van der Waals surface area contributed by atoms with Crippen LogP contribution in [-0.4, -0.2) is 127 Å². The number of carbonyl (C=O) groups excluding carboxylic acids is 4. The fraction of sp³-hybridized carbons (Fsp3) is 0.214. The molecular weight excluding hydrogens is 781 g/mol. The van der Waals surface area contributed by atoms with Crippen molar-refractivity contribution in [2.24, 2.45) is 10.3 Å². The smallest absolute Gasteiger partial charge is 0.352 e. The largest absolute Gasteiger partial charge is 0.477 e. The molecule has 6 rings (SSSR count). The summed E-state index contributed by atoms with van der Waals surface area (Å²) < 4.78 is 0. The van der Waals surface area contributed by atoms with E-state index in [4.69, 9.17) is 21.9 Å². The summed E-state index contributed by atoms with van der Waals surface area (Å²) in [6.45, 7) is 7.12. The number of aromatic nitrogens is 2. The Balaban J connectivity index is 0.000000232. The van der Waals surface area contributed by atoms with Crippen LogP contribution in [0.15, 0.2) is 68.9 Å². The maximum atomic E-state index is 12.4. The number of carboxylic acids is 2. The highest BCUT2D eigenvalue weighted by molar-refractivity contribution is 8.00. The first-order valence-corrected chi connectivity index (χ1v) is 18.2. The highest BCUT2D eigenvalue weighted by Crippen LogP contribution is 2.41. The number of nitrogens with zero attached hydrogens (tertiary/aromatic N) is 6. The molecule has 0 radical (unpaired) electrons. The number of thiazole rings is 2. The van der Waals surface area contributed by atoms with Gasteiger partial charge in [-0.05, 0) is 11.1 Å². The number of allylic oxidation sites excluding steroid dienone is 2. The summed E-state index contributed by atoms with van der Waals surface area (Å²) in [4.78, 5) is 82.3. The molecule has 53 heavy (non-hydrogen) atoms. The lowest BCUT2D eigenvalue weighted by atomic mass is 10.0. The van der Waals surface area contributed by atoms with Crippen LogP contribution in [0.4, 0.5) is 10.3 Å². The van der Waals surface area contributed by atoms with Crippen LogP contribution in [0, 0.1) is 0 Å². The topological polar surface area (TPSA) is 348 Å². The highest BCUT2D eigenvalue weighted by Gasteiger charge is 2.55. The first kappa shape index (κ1) is 40.0. The molecule has 2 fully saturated rings. The summed E-state index contributed by atoms with van der Waals surface area (Å²) in [5, 5.41) is 49.8. The molecule has 280 valence electrons. The van der Waals surface area contributed by atoms with Gasteiger partial charge in [-0.25, -0.2) is 19.6 Å². The number of aliphatic carboxylic acids is 2. The van der Waals surface area contributed by atoms with Crippen LogP contribution in [0.5, 0.6) is 0 Å². The van der Waals surface area contributed by atoms with E-state index in [0.717, 1.165) is 32.5 Å². The van der Waals surface area contributed by atoms with Crippen LogP contribution in [0.1, 0.15) is 11.4 Å². The van der Waals surface area contributed by atoms with Crippen molar-refractivity contribution in [1.29, 1.82) is 0 Å². The molecule has 2 aromatic heterocycles. The zero-order chi connectivity index (χ0) is 38.0. The second kappa shape index (κ2) is 16.3. The zero-order valence-corrected chi connectivity index (χ0v) is 29.9. The average Bonchev–Trinajstić information content (AvgIpc) is 3.76. The van der Waals surface area contributed by atoms with Gasteiger partial charge in [0, 0.05) is 22.3 Å². The number of thioether (sulfide) groups is 2. The maximum Gasteiger partial charge on any atom is 0.352 e. The van der Waals surface area contributed by atoms with E-state index in [1.165, 1.54) is 46.4 Å². The highest BCUT2D eigenvalue weighted by atomic mass is 32.2. The first-order valence-electron chi connectivity index (χ1n) is 14.3. The van der Waals surface area contributed by atoms with E-state index in [1.54, 1.807) is 0 Å². The summed E-state index contributed by atoms with van der Waals surface area (Å²) in [7, 11) is 0. The van der Waals surface area contributed by atoms with E-state index >= 15 is 0 Å². The number of rotatable bonds is 10. The summed E-state index contributed by atoms with van der Waals surface area (Å²) >= 11 is 4.73. The molecule has 0 aliphatic carbocycles. The van der Waals surface area contributed by atoms with Crippen molar-refractivity contribution in [2.45, 2.75) is 22.8 Å². The summed E-state index contributed by atoms with van der Waals surface area (Å²) in [6.07, 6.45) is 2.80. The number of nitrogens with two attached hydrogens (primary N) is 2. The van der Waals surface area contributed by atoms with E-state index in [-0.39, 0.29) is 49.9 Å².